The largest absolute Gasteiger partial charge is 0.340 e. The Labute approximate surface area is 143 Å². The number of carbonyl (C=O) groups excluding carboxylic acids is 1. The average Bonchev–Trinajstić information content (AvgIpc) is 2.98. The molecule has 0 saturated heterocycles. The Morgan fingerprint density at radius 3 is 2.50 bits per heavy atom. The molecule has 1 N–H and O–H groups in total. The van der Waals surface area contributed by atoms with Crippen LogP contribution in [0.5, 0.6) is 0 Å². The van der Waals surface area contributed by atoms with E-state index < -0.39 is 0 Å². The van der Waals surface area contributed by atoms with E-state index in [1.807, 2.05) is 19.2 Å². The van der Waals surface area contributed by atoms with Crippen molar-refractivity contribution in [3.05, 3.63) is 35.7 Å². The lowest BCUT2D eigenvalue weighted by Crippen LogP contribution is -2.32. The molecule has 0 spiro atoms. The first kappa shape index (κ1) is 18.1. The number of carbonyl (C=O) groups is 1. The molecule has 2 aromatic rings. The van der Waals surface area contributed by atoms with Gasteiger partial charge in [-0.15, -0.1) is 0 Å². The molecule has 0 bridgehead atoms. The topological polar surface area (TPSA) is 71.3 Å². The number of hydrogen-bond donors (Lipinski definition) is 1. The van der Waals surface area contributed by atoms with Crippen molar-refractivity contribution < 1.29 is 9.32 Å². The zero-order valence-electron chi connectivity index (χ0n) is 15.1. The lowest BCUT2D eigenvalue weighted by molar-refractivity contribution is 0.0797. The van der Waals surface area contributed by atoms with Crippen molar-refractivity contribution in [3.63, 3.8) is 0 Å². The fourth-order valence-electron chi connectivity index (χ4n) is 2.26. The Hall–Kier alpha value is -2.21. The van der Waals surface area contributed by atoms with E-state index in [1.54, 1.807) is 24.1 Å². The van der Waals surface area contributed by atoms with Crippen molar-refractivity contribution in [1.29, 1.82) is 0 Å². The van der Waals surface area contributed by atoms with Gasteiger partial charge in [-0.3, -0.25) is 4.79 Å². The van der Waals surface area contributed by atoms with Crippen molar-refractivity contribution in [2.24, 2.45) is 5.41 Å². The Kier molecular flexibility index (Phi) is 5.72. The molecule has 1 amide bonds. The summed E-state index contributed by atoms with van der Waals surface area (Å²) in [5, 5.41) is 7.06. The Balaban J connectivity index is 2.08. The lowest BCUT2D eigenvalue weighted by Gasteiger charge is -2.16. The second-order valence-corrected chi connectivity index (χ2v) is 7.16. The van der Waals surface area contributed by atoms with Gasteiger partial charge < -0.3 is 14.7 Å². The molecule has 2 rings (SSSR count). The van der Waals surface area contributed by atoms with Crippen LogP contribution in [0.2, 0.25) is 0 Å². The van der Waals surface area contributed by atoms with Crippen molar-refractivity contribution in [3.8, 4) is 11.4 Å². The Morgan fingerprint density at radius 2 is 1.92 bits per heavy atom. The van der Waals surface area contributed by atoms with Crippen LogP contribution in [0.25, 0.3) is 11.4 Å². The number of amides is 1. The SMILES string of the molecule is CNCCN(C)C(=O)c1ccc(-c2noc(CC(C)(C)C)n2)cc1. The maximum absolute atomic E-state index is 12.3. The normalized spacial score (nSPS) is 11.5. The molecule has 24 heavy (non-hydrogen) atoms. The number of aromatic nitrogens is 2. The highest BCUT2D eigenvalue weighted by Gasteiger charge is 2.17. The molecule has 0 aliphatic rings. The van der Waals surface area contributed by atoms with Crippen LogP contribution in [0.3, 0.4) is 0 Å². The van der Waals surface area contributed by atoms with E-state index in [2.05, 4.69) is 36.2 Å². The molecule has 6 nitrogen and oxygen atoms in total. The second-order valence-electron chi connectivity index (χ2n) is 7.16. The fourth-order valence-corrected chi connectivity index (χ4v) is 2.26. The van der Waals surface area contributed by atoms with Crippen LogP contribution in [0.15, 0.2) is 28.8 Å². The zero-order valence-corrected chi connectivity index (χ0v) is 15.1. The molecule has 6 heteroatoms. The third-order valence-electron chi connectivity index (χ3n) is 3.58. The van der Waals surface area contributed by atoms with E-state index in [-0.39, 0.29) is 11.3 Å². The van der Waals surface area contributed by atoms with Gasteiger partial charge in [-0.25, -0.2) is 0 Å². The maximum Gasteiger partial charge on any atom is 0.253 e. The summed E-state index contributed by atoms with van der Waals surface area (Å²) in [4.78, 5) is 18.4. The molecule has 0 aliphatic heterocycles. The van der Waals surface area contributed by atoms with Crippen LogP contribution in [0.4, 0.5) is 0 Å². The molecule has 0 radical (unpaired) electrons. The molecule has 1 aromatic heterocycles. The molecule has 0 aliphatic carbocycles. The van der Waals surface area contributed by atoms with Gasteiger partial charge in [0.15, 0.2) is 0 Å². The summed E-state index contributed by atoms with van der Waals surface area (Å²) in [6.45, 7) is 7.81. The minimum atomic E-state index is -0.00154. The summed E-state index contributed by atoms with van der Waals surface area (Å²) in [5.41, 5.74) is 1.59. The standard InChI is InChI=1S/C18H26N4O2/c1-18(2,3)12-15-20-16(21-24-15)13-6-8-14(9-7-13)17(23)22(5)11-10-19-4/h6-9,19H,10-12H2,1-5H3. The average molecular weight is 330 g/mol. The molecule has 0 saturated carbocycles. The number of likely N-dealkylation sites (N-methyl/N-ethyl adjacent to an activating group) is 2. The minimum Gasteiger partial charge on any atom is -0.340 e. The summed E-state index contributed by atoms with van der Waals surface area (Å²) < 4.78 is 5.31. The van der Waals surface area contributed by atoms with Gasteiger partial charge in [0.2, 0.25) is 11.7 Å². The second kappa shape index (κ2) is 7.57. The van der Waals surface area contributed by atoms with Gasteiger partial charge in [0.05, 0.1) is 0 Å². The monoisotopic (exact) mass is 330 g/mol. The number of nitrogens with one attached hydrogen (secondary N) is 1. The molecule has 1 heterocycles. The van der Waals surface area contributed by atoms with Gasteiger partial charge in [-0.2, -0.15) is 4.98 Å². The first-order valence-electron chi connectivity index (χ1n) is 8.13. The predicted octanol–water partition coefficient (Wildman–Crippen LogP) is 2.62. The van der Waals surface area contributed by atoms with Gasteiger partial charge in [-0.1, -0.05) is 38.1 Å². The summed E-state index contributed by atoms with van der Waals surface area (Å²) >= 11 is 0. The van der Waals surface area contributed by atoms with Crippen LogP contribution in [-0.2, 0) is 6.42 Å². The van der Waals surface area contributed by atoms with Gasteiger partial charge >= 0.3 is 0 Å². The minimum absolute atomic E-state index is 0.00154. The van der Waals surface area contributed by atoms with Crippen LogP contribution in [-0.4, -0.2) is 48.1 Å². The van der Waals surface area contributed by atoms with Crippen molar-refractivity contribution in [2.45, 2.75) is 27.2 Å². The molecule has 0 unspecified atom stereocenters. The van der Waals surface area contributed by atoms with E-state index in [0.29, 0.717) is 23.8 Å². The maximum atomic E-state index is 12.3. The molecule has 0 fully saturated rings. The van der Waals surface area contributed by atoms with Crippen LogP contribution in [0.1, 0.15) is 37.0 Å². The van der Waals surface area contributed by atoms with E-state index in [9.17, 15) is 4.79 Å². The highest BCUT2D eigenvalue weighted by Crippen LogP contribution is 2.22. The highest BCUT2D eigenvalue weighted by atomic mass is 16.5. The van der Waals surface area contributed by atoms with Crippen molar-refractivity contribution in [1.82, 2.24) is 20.4 Å². The first-order valence-corrected chi connectivity index (χ1v) is 8.13. The van der Waals surface area contributed by atoms with E-state index in [1.165, 1.54) is 0 Å². The summed E-state index contributed by atoms with van der Waals surface area (Å²) in [7, 11) is 3.66. The van der Waals surface area contributed by atoms with Crippen LogP contribution in [0, 0.1) is 5.41 Å². The lowest BCUT2D eigenvalue weighted by atomic mass is 9.92. The van der Waals surface area contributed by atoms with Crippen molar-refractivity contribution in [2.75, 3.05) is 27.2 Å². The smallest absolute Gasteiger partial charge is 0.253 e. The van der Waals surface area contributed by atoms with Gasteiger partial charge in [0.1, 0.15) is 0 Å². The van der Waals surface area contributed by atoms with Crippen LogP contribution < -0.4 is 5.32 Å². The first-order chi connectivity index (χ1) is 11.3. The Bertz CT molecular complexity index is 671. The summed E-state index contributed by atoms with van der Waals surface area (Å²) in [6.07, 6.45) is 0.729. The zero-order chi connectivity index (χ0) is 17.7. The Morgan fingerprint density at radius 1 is 1.25 bits per heavy atom. The summed E-state index contributed by atoms with van der Waals surface area (Å²) in [5.74, 6) is 1.18. The van der Waals surface area contributed by atoms with Crippen LogP contribution >= 0.6 is 0 Å². The molecular weight excluding hydrogens is 304 g/mol. The van der Waals surface area contributed by atoms with E-state index in [0.717, 1.165) is 18.5 Å². The number of rotatable bonds is 6. The highest BCUT2D eigenvalue weighted by molar-refractivity contribution is 5.94. The van der Waals surface area contributed by atoms with E-state index in [4.69, 9.17) is 4.52 Å². The van der Waals surface area contributed by atoms with Crippen molar-refractivity contribution >= 4 is 5.91 Å². The third-order valence-corrected chi connectivity index (χ3v) is 3.58. The number of hydrogen-bond acceptors (Lipinski definition) is 5. The molecule has 130 valence electrons. The summed E-state index contributed by atoms with van der Waals surface area (Å²) in [6, 6.07) is 7.30. The molecule has 0 atom stereocenters. The van der Waals surface area contributed by atoms with Gasteiger partial charge in [-0.05, 0) is 24.6 Å². The molecule has 1 aromatic carbocycles. The predicted molar refractivity (Wildman–Crippen MR) is 93.8 cm³/mol. The van der Waals surface area contributed by atoms with Gasteiger partial charge in [0, 0.05) is 37.7 Å². The quantitative estimate of drug-likeness (QED) is 0.881. The number of nitrogens with zero attached hydrogens (tertiary/aromatic N) is 3. The molecular formula is C18H26N4O2. The number of benzene rings is 1. The van der Waals surface area contributed by atoms with E-state index >= 15 is 0 Å². The fraction of sp³-hybridized carbons (Fsp3) is 0.500. The van der Waals surface area contributed by atoms with Gasteiger partial charge in [0.25, 0.3) is 5.91 Å². The third kappa shape index (κ3) is 4.89.